The minimum atomic E-state index is -3.96. The molecule has 0 aliphatic rings. The first kappa shape index (κ1) is 21.9. The number of amides is 1. The van der Waals surface area contributed by atoms with E-state index in [0.29, 0.717) is 11.3 Å². The van der Waals surface area contributed by atoms with Crippen LogP contribution in [0, 0.1) is 5.82 Å². The van der Waals surface area contributed by atoms with Crippen LogP contribution in [0.5, 0.6) is 17.2 Å². The van der Waals surface area contributed by atoms with Gasteiger partial charge in [-0.25, -0.2) is 17.9 Å². The van der Waals surface area contributed by atoms with Gasteiger partial charge in [0.15, 0.2) is 11.6 Å². The van der Waals surface area contributed by atoms with Gasteiger partial charge in [0.05, 0.1) is 23.9 Å². The Bertz CT molecular complexity index is 1230. The molecule has 0 radical (unpaired) electrons. The van der Waals surface area contributed by atoms with Crippen LogP contribution in [0.25, 0.3) is 6.08 Å². The third-order valence-corrected chi connectivity index (χ3v) is 4.91. The van der Waals surface area contributed by atoms with Crippen molar-refractivity contribution in [2.75, 3.05) is 12.4 Å². The summed E-state index contributed by atoms with van der Waals surface area (Å²) in [4.78, 5) is 16.0. The van der Waals surface area contributed by atoms with E-state index in [1.54, 1.807) is 24.4 Å². The molecule has 2 aromatic carbocycles. The first-order valence-electron chi connectivity index (χ1n) is 8.83. The van der Waals surface area contributed by atoms with Gasteiger partial charge in [-0.1, -0.05) is 6.07 Å². The van der Waals surface area contributed by atoms with E-state index >= 15 is 0 Å². The lowest BCUT2D eigenvalue weighted by Gasteiger charge is -2.10. The highest BCUT2D eigenvalue weighted by Crippen LogP contribution is 2.27. The zero-order valence-corrected chi connectivity index (χ0v) is 17.1. The average molecular weight is 443 g/mol. The van der Waals surface area contributed by atoms with Crippen LogP contribution in [-0.2, 0) is 14.8 Å². The number of ether oxygens (including phenoxy) is 2. The largest absolute Gasteiger partial charge is 0.495 e. The Balaban J connectivity index is 1.72. The quantitative estimate of drug-likeness (QED) is 0.541. The third kappa shape index (κ3) is 5.87. The summed E-state index contributed by atoms with van der Waals surface area (Å²) >= 11 is 0. The molecule has 0 aliphatic carbocycles. The normalized spacial score (nSPS) is 11.3. The van der Waals surface area contributed by atoms with E-state index in [1.807, 2.05) is 0 Å². The minimum absolute atomic E-state index is 0.0131. The van der Waals surface area contributed by atoms with Gasteiger partial charge in [0.2, 0.25) is 15.9 Å². The Morgan fingerprint density at radius 1 is 1.16 bits per heavy atom. The monoisotopic (exact) mass is 443 g/mol. The number of sulfonamides is 1. The Morgan fingerprint density at radius 3 is 2.58 bits per heavy atom. The predicted octanol–water partition coefficient (Wildman–Crippen LogP) is 3.32. The van der Waals surface area contributed by atoms with Crippen LogP contribution in [-0.4, -0.2) is 26.4 Å². The molecule has 3 rings (SSSR count). The van der Waals surface area contributed by atoms with Gasteiger partial charge in [-0.05, 0) is 54.1 Å². The molecule has 3 aromatic rings. The molecule has 1 heterocycles. The number of hydrogen-bond donors (Lipinski definition) is 2. The van der Waals surface area contributed by atoms with Crippen LogP contribution < -0.4 is 19.9 Å². The van der Waals surface area contributed by atoms with E-state index in [1.165, 1.54) is 55.8 Å². The number of nitrogens with zero attached hydrogens (tertiary/aromatic N) is 1. The highest BCUT2D eigenvalue weighted by atomic mass is 32.2. The second-order valence-corrected chi connectivity index (χ2v) is 7.77. The molecular weight excluding hydrogens is 425 g/mol. The maximum atomic E-state index is 14.3. The molecule has 0 saturated heterocycles. The number of methoxy groups -OCH3 is 1. The number of pyridine rings is 1. The van der Waals surface area contributed by atoms with Crippen molar-refractivity contribution in [2.24, 2.45) is 5.14 Å². The van der Waals surface area contributed by atoms with Crippen LogP contribution in [0.15, 0.2) is 71.9 Å². The van der Waals surface area contributed by atoms with E-state index < -0.39 is 21.7 Å². The van der Waals surface area contributed by atoms with Crippen LogP contribution in [0.3, 0.4) is 0 Å². The van der Waals surface area contributed by atoms with E-state index in [2.05, 4.69) is 10.3 Å². The summed E-state index contributed by atoms with van der Waals surface area (Å²) < 4.78 is 47.9. The molecule has 1 aromatic heterocycles. The Hall–Kier alpha value is -3.76. The molecule has 1 amide bonds. The fraction of sp³-hybridized carbons (Fsp3) is 0.0476. The number of nitrogens with one attached hydrogen (secondary N) is 1. The molecule has 0 fully saturated rings. The molecule has 3 N–H and O–H groups in total. The predicted molar refractivity (Wildman–Crippen MR) is 113 cm³/mol. The number of aromatic nitrogens is 1. The number of carbonyl (C=O) groups excluding carboxylic acids is 1. The number of nitrogens with two attached hydrogens (primary N) is 1. The van der Waals surface area contributed by atoms with Gasteiger partial charge in [-0.3, -0.25) is 9.78 Å². The van der Waals surface area contributed by atoms with Gasteiger partial charge in [0.25, 0.3) is 0 Å². The molecule has 10 heteroatoms. The number of carbonyl (C=O) groups is 1. The SMILES string of the molecule is COc1ccc(S(N)(=O)=O)cc1NC(=O)/C=C/c1ccc(Oc2cccnc2)c(F)c1. The van der Waals surface area contributed by atoms with Crippen molar-refractivity contribution < 1.29 is 27.1 Å². The second kappa shape index (κ2) is 9.37. The number of benzene rings is 2. The van der Waals surface area contributed by atoms with Gasteiger partial charge in [0, 0.05) is 12.3 Å². The molecule has 31 heavy (non-hydrogen) atoms. The maximum absolute atomic E-state index is 14.3. The highest BCUT2D eigenvalue weighted by molar-refractivity contribution is 7.89. The topological polar surface area (TPSA) is 121 Å². The summed E-state index contributed by atoms with van der Waals surface area (Å²) in [5.74, 6) is -0.550. The van der Waals surface area contributed by atoms with Crippen LogP contribution >= 0.6 is 0 Å². The Kier molecular flexibility index (Phi) is 6.63. The average Bonchev–Trinajstić information content (AvgIpc) is 2.74. The van der Waals surface area contributed by atoms with Crippen molar-refractivity contribution in [3.63, 3.8) is 0 Å². The van der Waals surface area contributed by atoms with Crippen LogP contribution in [0.4, 0.5) is 10.1 Å². The molecule has 0 bridgehead atoms. The summed E-state index contributed by atoms with van der Waals surface area (Å²) in [6.45, 7) is 0. The van der Waals surface area contributed by atoms with Gasteiger partial charge in [-0.15, -0.1) is 0 Å². The van der Waals surface area contributed by atoms with Crippen molar-refractivity contribution in [1.29, 1.82) is 0 Å². The van der Waals surface area contributed by atoms with Gasteiger partial charge in [0.1, 0.15) is 11.5 Å². The lowest BCUT2D eigenvalue weighted by atomic mass is 10.2. The lowest BCUT2D eigenvalue weighted by molar-refractivity contribution is -0.111. The summed E-state index contributed by atoms with van der Waals surface area (Å²) in [6.07, 6.45) is 5.58. The van der Waals surface area contributed by atoms with Gasteiger partial charge < -0.3 is 14.8 Å². The van der Waals surface area contributed by atoms with Crippen molar-refractivity contribution in [2.45, 2.75) is 4.90 Å². The highest BCUT2D eigenvalue weighted by Gasteiger charge is 2.13. The molecule has 160 valence electrons. The number of hydrogen-bond acceptors (Lipinski definition) is 6. The number of anilines is 1. The zero-order chi connectivity index (χ0) is 22.4. The molecule has 0 saturated carbocycles. The molecule has 0 unspecified atom stereocenters. The Labute approximate surface area is 178 Å². The van der Waals surface area contributed by atoms with Gasteiger partial charge in [-0.2, -0.15) is 0 Å². The third-order valence-electron chi connectivity index (χ3n) is 4.00. The first-order chi connectivity index (χ1) is 14.8. The van der Waals surface area contributed by atoms with E-state index in [4.69, 9.17) is 14.6 Å². The van der Waals surface area contributed by atoms with Crippen LogP contribution in [0.1, 0.15) is 5.56 Å². The number of primary sulfonamides is 1. The van der Waals surface area contributed by atoms with Crippen molar-refractivity contribution >= 4 is 27.7 Å². The molecule has 0 atom stereocenters. The van der Waals surface area contributed by atoms with E-state index in [9.17, 15) is 17.6 Å². The fourth-order valence-corrected chi connectivity index (χ4v) is 3.09. The van der Waals surface area contributed by atoms with E-state index in [0.717, 1.165) is 0 Å². The minimum Gasteiger partial charge on any atom is -0.495 e. The van der Waals surface area contributed by atoms with Crippen LogP contribution in [0.2, 0.25) is 0 Å². The molecule has 8 nitrogen and oxygen atoms in total. The summed E-state index contributed by atoms with van der Waals surface area (Å²) in [6, 6.07) is 11.3. The van der Waals surface area contributed by atoms with Crippen molar-refractivity contribution in [3.8, 4) is 17.2 Å². The summed E-state index contributed by atoms with van der Waals surface area (Å²) in [5.41, 5.74) is 0.534. The summed E-state index contributed by atoms with van der Waals surface area (Å²) in [5, 5.41) is 7.62. The summed E-state index contributed by atoms with van der Waals surface area (Å²) in [7, 11) is -2.58. The zero-order valence-electron chi connectivity index (χ0n) is 16.3. The fourth-order valence-electron chi connectivity index (χ4n) is 2.55. The second-order valence-electron chi connectivity index (χ2n) is 6.21. The molecule has 0 spiro atoms. The van der Waals surface area contributed by atoms with Gasteiger partial charge >= 0.3 is 0 Å². The molecular formula is C21H18FN3O5S. The van der Waals surface area contributed by atoms with E-state index in [-0.39, 0.29) is 22.1 Å². The number of rotatable bonds is 7. The number of halogens is 1. The first-order valence-corrected chi connectivity index (χ1v) is 10.4. The standard InChI is InChI=1S/C21H18FN3O5S/c1-29-20-8-6-16(31(23,27)28)12-18(20)25-21(26)9-5-14-4-7-19(17(22)11-14)30-15-3-2-10-24-13-15/h2-13H,1H3,(H,25,26)(H2,23,27,28)/b9-5+. The smallest absolute Gasteiger partial charge is 0.248 e. The van der Waals surface area contributed by atoms with Crippen molar-refractivity contribution in [1.82, 2.24) is 4.98 Å². The Morgan fingerprint density at radius 2 is 1.94 bits per heavy atom. The van der Waals surface area contributed by atoms with Crippen molar-refractivity contribution in [3.05, 3.63) is 78.4 Å². The maximum Gasteiger partial charge on any atom is 0.248 e. The molecule has 0 aliphatic heterocycles. The lowest BCUT2D eigenvalue weighted by Crippen LogP contribution is -2.14.